The van der Waals surface area contributed by atoms with Crippen LogP contribution in [0, 0.1) is 5.92 Å². The van der Waals surface area contributed by atoms with E-state index in [9.17, 15) is 4.79 Å². The van der Waals surface area contributed by atoms with Crippen molar-refractivity contribution < 1.29 is 19.0 Å². The first-order valence-corrected chi connectivity index (χ1v) is 13.6. The average molecular weight is 491 g/mol. The molecule has 1 atom stereocenters. The van der Waals surface area contributed by atoms with Crippen LogP contribution in [0.1, 0.15) is 88.1 Å². The molecule has 3 aromatic rings. The zero-order chi connectivity index (χ0) is 25.6. The fraction of sp³-hybridized carbons (Fsp3) is 0.469. The minimum atomic E-state index is -0.276. The Morgan fingerprint density at radius 2 is 1.58 bits per heavy atom. The molecule has 4 heteroatoms. The molecule has 0 radical (unpaired) electrons. The molecule has 4 nitrogen and oxygen atoms in total. The van der Waals surface area contributed by atoms with Gasteiger partial charge >= 0.3 is 5.97 Å². The van der Waals surface area contributed by atoms with Gasteiger partial charge in [-0.25, -0.2) is 4.79 Å². The highest BCUT2D eigenvalue weighted by atomic mass is 16.5. The lowest BCUT2D eigenvalue weighted by Gasteiger charge is -2.12. The molecule has 3 aromatic carbocycles. The first kappa shape index (κ1) is 27.6. The normalized spacial score (nSPS) is 11.9. The molecule has 0 saturated carbocycles. The van der Waals surface area contributed by atoms with Crippen LogP contribution in [0.2, 0.25) is 0 Å². The van der Waals surface area contributed by atoms with E-state index in [1.807, 2.05) is 30.3 Å². The molecule has 0 unspecified atom stereocenters. The van der Waals surface area contributed by atoms with Crippen LogP contribution in [0.4, 0.5) is 0 Å². The molecule has 0 spiro atoms. The lowest BCUT2D eigenvalue weighted by atomic mass is 10.1. The average Bonchev–Trinajstić information content (AvgIpc) is 2.91. The minimum Gasteiger partial charge on any atom is -0.494 e. The monoisotopic (exact) mass is 490 g/mol. The van der Waals surface area contributed by atoms with Crippen LogP contribution in [0.3, 0.4) is 0 Å². The van der Waals surface area contributed by atoms with Crippen LogP contribution in [0.25, 0.3) is 10.8 Å². The number of rotatable bonds is 16. The molecule has 0 amide bonds. The molecule has 0 saturated heterocycles. The van der Waals surface area contributed by atoms with E-state index in [1.165, 1.54) is 38.5 Å². The predicted octanol–water partition coefficient (Wildman–Crippen LogP) is 8.75. The first-order valence-electron chi connectivity index (χ1n) is 13.6. The van der Waals surface area contributed by atoms with Gasteiger partial charge in [-0.05, 0) is 59.7 Å². The summed E-state index contributed by atoms with van der Waals surface area (Å²) in [6, 6.07) is 19.7. The molecular weight excluding hydrogens is 448 g/mol. The Morgan fingerprint density at radius 3 is 2.33 bits per heavy atom. The lowest BCUT2D eigenvalue weighted by molar-refractivity contribution is 0.0447. The summed E-state index contributed by atoms with van der Waals surface area (Å²) in [6.07, 6.45) is 9.95. The number of ether oxygens (including phenoxy) is 3. The zero-order valence-corrected chi connectivity index (χ0v) is 22.3. The highest BCUT2D eigenvalue weighted by Gasteiger charge is 2.10. The quantitative estimate of drug-likeness (QED) is 0.149. The summed E-state index contributed by atoms with van der Waals surface area (Å²) < 4.78 is 17.5. The van der Waals surface area contributed by atoms with Gasteiger partial charge in [0.25, 0.3) is 0 Å². The van der Waals surface area contributed by atoms with Gasteiger partial charge in [0.2, 0.25) is 0 Å². The Balaban J connectivity index is 1.49. The summed E-state index contributed by atoms with van der Waals surface area (Å²) in [7, 11) is 0. The molecule has 0 fully saturated rings. The van der Waals surface area contributed by atoms with Crippen LogP contribution >= 0.6 is 0 Å². The third kappa shape index (κ3) is 8.89. The SMILES string of the molecule is CCCCCCCCCOc1ccc2c(OCc3ccc(C(=O)OC[C@H](C)CC)cc3)cccc2c1. The first-order chi connectivity index (χ1) is 17.6. The number of hydrogen-bond donors (Lipinski definition) is 0. The van der Waals surface area contributed by atoms with Gasteiger partial charge in [-0.15, -0.1) is 0 Å². The maximum atomic E-state index is 12.2. The molecule has 0 aliphatic heterocycles. The topological polar surface area (TPSA) is 44.8 Å². The predicted molar refractivity (Wildman–Crippen MR) is 148 cm³/mol. The third-order valence-corrected chi connectivity index (χ3v) is 6.61. The van der Waals surface area contributed by atoms with Gasteiger partial charge in [0.05, 0.1) is 18.8 Å². The van der Waals surface area contributed by atoms with Gasteiger partial charge < -0.3 is 14.2 Å². The Hall–Kier alpha value is -3.01. The number of unbranched alkanes of at least 4 members (excludes halogenated alkanes) is 6. The van der Waals surface area contributed by atoms with Crippen molar-refractivity contribution in [1.29, 1.82) is 0 Å². The third-order valence-electron chi connectivity index (χ3n) is 6.61. The van der Waals surface area contributed by atoms with Gasteiger partial charge in [0.15, 0.2) is 0 Å². The lowest BCUT2D eigenvalue weighted by Crippen LogP contribution is -2.11. The maximum Gasteiger partial charge on any atom is 0.338 e. The molecule has 3 rings (SSSR count). The molecule has 0 aromatic heterocycles. The van der Waals surface area contributed by atoms with E-state index < -0.39 is 0 Å². The zero-order valence-electron chi connectivity index (χ0n) is 22.3. The Labute approximate surface area is 217 Å². The Kier molecular flexibility index (Phi) is 11.6. The summed E-state index contributed by atoms with van der Waals surface area (Å²) >= 11 is 0. The van der Waals surface area contributed by atoms with Crippen LogP contribution in [0.5, 0.6) is 11.5 Å². The number of fused-ring (bicyclic) bond motifs is 1. The van der Waals surface area contributed by atoms with Crippen molar-refractivity contribution in [3.63, 3.8) is 0 Å². The molecule has 0 aliphatic rings. The molecule has 0 heterocycles. The Morgan fingerprint density at radius 1 is 0.833 bits per heavy atom. The highest BCUT2D eigenvalue weighted by Crippen LogP contribution is 2.29. The molecule has 36 heavy (non-hydrogen) atoms. The van der Waals surface area contributed by atoms with Crippen molar-refractivity contribution >= 4 is 16.7 Å². The summed E-state index contributed by atoms with van der Waals surface area (Å²) in [5.74, 6) is 1.83. The second-order valence-corrected chi connectivity index (χ2v) is 9.71. The van der Waals surface area contributed by atoms with E-state index >= 15 is 0 Å². The van der Waals surface area contributed by atoms with Crippen LogP contribution in [0.15, 0.2) is 60.7 Å². The van der Waals surface area contributed by atoms with Gasteiger partial charge in [-0.1, -0.05) is 90.0 Å². The molecular formula is C32H42O4. The number of carbonyl (C=O) groups is 1. The van der Waals surface area contributed by atoms with Crippen LogP contribution in [-0.4, -0.2) is 19.2 Å². The number of benzene rings is 3. The van der Waals surface area contributed by atoms with Crippen LogP contribution in [-0.2, 0) is 11.3 Å². The van der Waals surface area contributed by atoms with E-state index in [1.54, 1.807) is 12.1 Å². The highest BCUT2D eigenvalue weighted by molar-refractivity contribution is 5.90. The Bertz CT molecular complexity index is 1060. The largest absolute Gasteiger partial charge is 0.494 e. The van der Waals surface area contributed by atoms with Gasteiger partial charge in [0, 0.05) is 5.39 Å². The number of hydrogen-bond acceptors (Lipinski definition) is 4. The standard InChI is InChI=1S/C32H42O4/c1-4-6-7-8-9-10-11-21-34-29-19-20-30-28(22-29)13-12-14-31(30)35-24-26-15-17-27(18-16-26)32(33)36-23-25(3)5-2/h12-20,22,25H,4-11,21,23-24H2,1-3H3/t25-/m1/s1. The maximum absolute atomic E-state index is 12.2. The number of esters is 1. The van der Waals surface area contributed by atoms with E-state index in [4.69, 9.17) is 14.2 Å². The van der Waals surface area contributed by atoms with Crippen molar-refractivity contribution in [3.8, 4) is 11.5 Å². The van der Waals surface area contributed by atoms with Gasteiger partial charge in [0.1, 0.15) is 18.1 Å². The van der Waals surface area contributed by atoms with Crippen molar-refractivity contribution in [2.75, 3.05) is 13.2 Å². The van der Waals surface area contributed by atoms with Crippen LogP contribution < -0.4 is 9.47 Å². The summed E-state index contributed by atoms with van der Waals surface area (Å²) in [6.45, 7) is 8.06. The molecule has 0 aliphatic carbocycles. The van der Waals surface area contributed by atoms with Gasteiger partial charge in [-0.3, -0.25) is 0 Å². The van der Waals surface area contributed by atoms with E-state index in [2.05, 4.69) is 39.0 Å². The van der Waals surface area contributed by atoms with Gasteiger partial charge in [-0.2, -0.15) is 0 Å². The summed E-state index contributed by atoms with van der Waals surface area (Å²) in [4.78, 5) is 12.2. The second kappa shape index (κ2) is 15.2. The fourth-order valence-corrected chi connectivity index (χ4v) is 4.01. The van der Waals surface area contributed by atoms with Crippen molar-refractivity contribution in [3.05, 3.63) is 71.8 Å². The second-order valence-electron chi connectivity index (χ2n) is 9.71. The van der Waals surface area contributed by atoms with Crippen molar-refractivity contribution in [2.45, 2.75) is 78.7 Å². The van der Waals surface area contributed by atoms with Crippen molar-refractivity contribution in [2.24, 2.45) is 5.92 Å². The number of carbonyl (C=O) groups excluding carboxylic acids is 1. The van der Waals surface area contributed by atoms with E-state index in [0.29, 0.717) is 24.7 Å². The molecule has 194 valence electrons. The summed E-state index contributed by atoms with van der Waals surface area (Å²) in [5.41, 5.74) is 1.57. The molecule has 0 N–H and O–H groups in total. The smallest absolute Gasteiger partial charge is 0.338 e. The fourth-order valence-electron chi connectivity index (χ4n) is 4.01. The minimum absolute atomic E-state index is 0.276. The van der Waals surface area contributed by atoms with E-state index in [-0.39, 0.29) is 5.97 Å². The summed E-state index contributed by atoms with van der Waals surface area (Å²) in [5, 5.41) is 2.16. The molecule has 0 bridgehead atoms. The van der Waals surface area contributed by atoms with E-state index in [0.717, 1.165) is 47.3 Å². The van der Waals surface area contributed by atoms with Crippen molar-refractivity contribution in [1.82, 2.24) is 0 Å².